The first kappa shape index (κ1) is 17.7. The van der Waals surface area contributed by atoms with E-state index in [-0.39, 0.29) is 12.1 Å². The van der Waals surface area contributed by atoms with Gasteiger partial charge in [0.05, 0.1) is 18.8 Å². The zero-order chi connectivity index (χ0) is 19.0. The summed E-state index contributed by atoms with van der Waals surface area (Å²) in [5.41, 5.74) is 2.31. The minimum atomic E-state index is -0.663. The van der Waals surface area contributed by atoms with Crippen molar-refractivity contribution >= 4 is 10.8 Å². The molecule has 2 aliphatic rings. The summed E-state index contributed by atoms with van der Waals surface area (Å²) in [7, 11) is 0. The number of para-hydroxylation sites is 1. The summed E-state index contributed by atoms with van der Waals surface area (Å²) in [6.45, 7) is 4.19. The Morgan fingerprint density at radius 2 is 1.71 bits per heavy atom. The largest absolute Gasteiger partial charge is 0.488 e. The van der Waals surface area contributed by atoms with Gasteiger partial charge in [-0.1, -0.05) is 54.6 Å². The van der Waals surface area contributed by atoms with Gasteiger partial charge in [-0.15, -0.1) is 0 Å². The zero-order valence-electron chi connectivity index (χ0n) is 16.1. The van der Waals surface area contributed by atoms with Gasteiger partial charge in [-0.3, -0.25) is 0 Å². The first-order valence-corrected chi connectivity index (χ1v) is 10.0. The Labute approximate surface area is 165 Å². The van der Waals surface area contributed by atoms with E-state index < -0.39 is 5.79 Å². The molecule has 144 valence electrons. The Balaban J connectivity index is 1.34. The molecule has 4 heteroatoms. The van der Waals surface area contributed by atoms with Crippen LogP contribution >= 0.6 is 0 Å². The van der Waals surface area contributed by atoms with Crippen molar-refractivity contribution in [2.75, 3.05) is 19.8 Å². The molecule has 2 aliphatic heterocycles. The molecular formula is C24H25NO3. The van der Waals surface area contributed by atoms with Crippen LogP contribution in [0.2, 0.25) is 0 Å². The molecule has 2 atom stereocenters. The molecule has 0 amide bonds. The standard InChI is InChI=1S/C24H25NO3/c1-17(20-10-6-8-18-7-2-3-9-21(18)20)25-16-19-15-24(26-13-14-27-24)22-11-4-5-12-23(22)28-19/h2-12,17,19,25H,13-16H2,1H3/t17?,19-/m1/s1. The molecule has 5 rings (SSSR count). The monoisotopic (exact) mass is 375 g/mol. The predicted molar refractivity (Wildman–Crippen MR) is 109 cm³/mol. The first-order chi connectivity index (χ1) is 13.8. The van der Waals surface area contributed by atoms with Crippen molar-refractivity contribution in [3.63, 3.8) is 0 Å². The third-order valence-electron chi connectivity index (χ3n) is 5.78. The second-order valence-corrected chi connectivity index (χ2v) is 7.59. The van der Waals surface area contributed by atoms with Crippen LogP contribution in [0.1, 0.15) is 30.5 Å². The van der Waals surface area contributed by atoms with Crippen molar-refractivity contribution in [3.05, 3.63) is 77.9 Å². The lowest BCUT2D eigenvalue weighted by Gasteiger charge is -2.38. The smallest absolute Gasteiger partial charge is 0.202 e. The van der Waals surface area contributed by atoms with Crippen molar-refractivity contribution in [1.82, 2.24) is 5.32 Å². The second kappa shape index (κ2) is 7.21. The van der Waals surface area contributed by atoms with Gasteiger partial charge in [0.1, 0.15) is 11.9 Å². The molecular weight excluding hydrogens is 350 g/mol. The van der Waals surface area contributed by atoms with E-state index >= 15 is 0 Å². The fourth-order valence-electron chi connectivity index (χ4n) is 4.40. The minimum Gasteiger partial charge on any atom is -0.488 e. The molecule has 2 heterocycles. The zero-order valence-corrected chi connectivity index (χ0v) is 16.1. The molecule has 1 unspecified atom stereocenters. The summed E-state index contributed by atoms with van der Waals surface area (Å²) in [5, 5.41) is 6.22. The molecule has 3 aromatic carbocycles. The average Bonchev–Trinajstić information content (AvgIpc) is 3.20. The summed E-state index contributed by atoms with van der Waals surface area (Å²) < 4.78 is 18.4. The summed E-state index contributed by atoms with van der Waals surface area (Å²) in [6.07, 6.45) is 0.685. The van der Waals surface area contributed by atoms with Gasteiger partial charge in [0, 0.05) is 19.0 Å². The summed E-state index contributed by atoms with van der Waals surface area (Å²) >= 11 is 0. The van der Waals surface area contributed by atoms with E-state index in [0.717, 1.165) is 17.9 Å². The second-order valence-electron chi connectivity index (χ2n) is 7.59. The van der Waals surface area contributed by atoms with Crippen LogP contribution in [0.4, 0.5) is 0 Å². The maximum absolute atomic E-state index is 6.27. The lowest BCUT2D eigenvalue weighted by Crippen LogP contribution is -2.44. The van der Waals surface area contributed by atoms with E-state index in [9.17, 15) is 0 Å². The van der Waals surface area contributed by atoms with Gasteiger partial charge in [0.2, 0.25) is 5.79 Å². The number of hydrogen-bond donors (Lipinski definition) is 1. The van der Waals surface area contributed by atoms with E-state index in [2.05, 4.69) is 54.7 Å². The van der Waals surface area contributed by atoms with Crippen LogP contribution in [0.3, 0.4) is 0 Å². The topological polar surface area (TPSA) is 39.7 Å². The lowest BCUT2D eigenvalue weighted by molar-refractivity contribution is -0.194. The van der Waals surface area contributed by atoms with Crippen molar-refractivity contribution in [1.29, 1.82) is 0 Å². The Hall–Kier alpha value is -2.40. The summed E-state index contributed by atoms with van der Waals surface area (Å²) in [4.78, 5) is 0. The molecule has 0 bridgehead atoms. The van der Waals surface area contributed by atoms with Crippen molar-refractivity contribution in [3.8, 4) is 5.75 Å². The first-order valence-electron chi connectivity index (χ1n) is 10.0. The average molecular weight is 375 g/mol. The highest BCUT2D eigenvalue weighted by Crippen LogP contribution is 2.44. The number of ether oxygens (including phenoxy) is 3. The number of rotatable bonds is 4. The fraction of sp³-hybridized carbons (Fsp3) is 0.333. The van der Waals surface area contributed by atoms with Gasteiger partial charge in [0.15, 0.2) is 0 Å². The number of fused-ring (bicyclic) bond motifs is 3. The molecule has 4 nitrogen and oxygen atoms in total. The van der Waals surface area contributed by atoms with Crippen molar-refractivity contribution in [2.24, 2.45) is 0 Å². The van der Waals surface area contributed by atoms with E-state index in [1.54, 1.807) is 0 Å². The van der Waals surface area contributed by atoms with E-state index in [0.29, 0.717) is 19.6 Å². The normalized spacial score (nSPS) is 21.4. The highest BCUT2D eigenvalue weighted by molar-refractivity contribution is 5.86. The molecule has 1 fully saturated rings. The van der Waals surface area contributed by atoms with Gasteiger partial charge in [-0.25, -0.2) is 0 Å². The summed E-state index contributed by atoms with van der Waals surface area (Å²) in [5.74, 6) is 0.199. The molecule has 0 aromatic heterocycles. The number of hydrogen-bond acceptors (Lipinski definition) is 4. The molecule has 1 spiro atoms. The maximum atomic E-state index is 6.27. The molecule has 0 saturated carbocycles. The molecule has 0 aliphatic carbocycles. The van der Waals surface area contributed by atoms with E-state index in [1.807, 2.05) is 24.3 Å². The Morgan fingerprint density at radius 1 is 0.964 bits per heavy atom. The fourth-order valence-corrected chi connectivity index (χ4v) is 4.40. The summed E-state index contributed by atoms with van der Waals surface area (Å²) in [6, 6.07) is 23.3. The number of benzene rings is 3. The molecule has 28 heavy (non-hydrogen) atoms. The van der Waals surface area contributed by atoms with Gasteiger partial charge < -0.3 is 19.5 Å². The number of nitrogens with one attached hydrogen (secondary N) is 1. The molecule has 1 N–H and O–H groups in total. The van der Waals surface area contributed by atoms with Crippen molar-refractivity contribution < 1.29 is 14.2 Å². The van der Waals surface area contributed by atoms with Crippen LogP contribution in [-0.2, 0) is 15.3 Å². The van der Waals surface area contributed by atoms with Crippen LogP contribution in [-0.4, -0.2) is 25.9 Å². The van der Waals surface area contributed by atoms with Crippen LogP contribution in [0.15, 0.2) is 66.7 Å². The highest BCUT2D eigenvalue weighted by Gasteiger charge is 2.46. The molecule has 1 saturated heterocycles. The minimum absolute atomic E-state index is 0.00886. The molecule has 0 radical (unpaired) electrons. The van der Waals surface area contributed by atoms with E-state index in [4.69, 9.17) is 14.2 Å². The van der Waals surface area contributed by atoms with Crippen LogP contribution < -0.4 is 10.1 Å². The van der Waals surface area contributed by atoms with Crippen LogP contribution in [0.25, 0.3) is 10.8 Å². The predicted octanol–water partition coefficient (Wildman–Crippen LogP) is 4.54. The Bertz CT molecular complexity index is 975. The van der Waals surface area contributed by atoms with Gasteiger partial charge in [-0.05, 0) is 35.4 Å². The SMILES string of the molecule is CC(NC[C@H]1CC2(OCCO2)c2ccccc2O1)c1cccc2ccccc12. The van der Waals surface area contributed by atoms with Crippen molar-refractivity contribution in [2.45, 2.75) is 31.3 Å². The quantitative estimate of drug-likeness (QED) is 0.727. The third kappa shape index (κ3) is 3.08. The Morgan fingerprint density at radius 3 is 2.61 bits per heavy atom. The van der Waals surface area contributed by atoms with E-state index in [1.165, 1.54) is 16.3 Å². The van der Waals surface area contributed by atoms with Crippen LogP contribution in [0.5, 0.6) is 5.75 Å². The Kier molecular flexibility index (Phi) is 4.55. The van der Waals surface area contributed by atoms with Gasteiger partial charge in [-0.2, -0.15) is 0 Å². The van der Waals surface area contributed by atoms with Crippen LogP contribution in [0, 0.1) is 0 Å². The van der Waals surface area contributed by atoms with Gasteiger partial charge in [0.25, 0.3) is 0 Å². The molecule has 3 aromatic rings. The third-order valence-corrected chi connectivity index (χ3v) is 5.78. The lowest BCUT2D eigenvalue weighted by atomic mass is 9.94. The highest BCUT2D eigenvalue weighted by atomic mass is 16.7. The maximum Gasteiger partial charge on any atom is 0.202 e. The van der Waals surface area contributed by atoms with Gasteiger partial charge >= 0.3 is 0 Å².